The highest BCUT2D eigenvalue weighted by Crippen LogP contribution is 2.24. The second kappa shape index (κ2) is 4.49. The van der Waals surface area contributed by atoms with Crippen molar-refractivity contribution in [3.8, 4) is 0 Å². The van der Waals surface area contributed by atoms with E-state index in [0.717, 1.165) is 30.8 Å². The van der Waals surface area contributed by atoms with Gasteiger partial charge in [0.1, 0.15) is 17.7 Å². The maximum absolute atomic E-state index is 13.1. The van der Waals surface area contributed by atoms with Crippen molar-refractivity contribution in [2.45, 2.75) is 31.9 Å². The van der Waals surface area contributed by atoms with Crippen molar-refractivity contribution in [3.05, 3.63) is 47.3 Å². The fraction of sp³-hybridized carbons (Fsp3) is 0.385. The lowest BCUT2D eigenvalue weighted by Gasteiger charge is -2.19. The molecule has 94 valence electrons. The number of nitrogens with zero attached hydrogens (tertiary/aromatic N) is 3. The van der Waals surface area contributed by atoms with Crippen LogP contribution in [0.1, 0.15) is 36.2 Å². The lowest BCUT2D eigenvalue weighted by Crippen LogP contribution is -2.17. The number of halogens is 1. The van der Waals surface area contributed by atoms with Crippen molar-refractivity contribution in [1.29, 1.82) is 0 Å². The third-order valence-electron chi connectivity index (χ3n) is 3.26. The molecule has 1 aliphatic heterocycles. The van der Waals surface area contributed by atoms with E-state index in [2.05, 4.69) is 10.2 Å². The van der Waals surface area contributed by atoms with Crippen molar-refractivity contribution >= 4 is 0 Å². The molecule has 3 rings (SSSR count). The van der Waals surface area contributed by atoms with Gasteiger partial charge in [-0.05, 0) is 30.5 Å². The van der Waals surface area contributed by atoms with Crippen LogP contribution in [0.25, 0.3) is 0 Å². The van der Waals surface area contributed by atoms with E-state index in [-0.39, 0.29) is 5.82 Å². The van der Waals surface area contributed by atoms with Crippen LogP contribution in [0, 0.1) is 5.82 Å². The number of hydrogen-bond acceptors (Lipinski definition) is 3. The molecule has 1 aromatic heterocycles. The number of hydrogen-bond donors (Lipinski definition) is 1. The Morgan fingerprint density at radius 1 is 1.39 bits per heavy atom. The first kappa shape index (κ1) is 11.3. The molecule has 1 aromatic carbocycles. The van der Waals surface area contributed by atoms with Crippen molar-refractivity contribution < 1.29 is 9.50 Å². The van der Waals surface area contributed by atoms with Crippen LogP contribution in [0.3, 0.4) is 0 Å². The molecule has 1 aliphatic rings. The highest BCUT2D eigenvalue weighted by molar-refractivity contribution is 5.20. The van der Waals surface area contributed by atoms with Crippen molar-refractivity contribution in [3.63, 3.8) is 0 Å². The van der Waals surface area contributed by atoms with Gasteiger partial charge in [0.15, 0.2) is 5.82 Å². The molecule has 1 N–H and O–H groups in total. The summed E-state index contributed by atoms with van der Waals surface area (Å²) < 4.78 is 15.1. The summed E-state index contributed by atoms with van der Waals surface area (Å²) in [7, 11) is 0. The Morgan fingerprint density at radius 3 is 3.11 bits per heavy atom. The average Bonchev–Trinajstić information content (AvgIpc) is 2.74. The second-order valence-electron chi connectivity index (χ2n) is 4.59. The van der Waals surface area contributed by atoms with Gasteiger partial charge in [-0.3, -0.25) is 0 Å². The molecule has 2 heterocycles. The zero-order chi connectivity index (χ0) is 12.5. The molecule has 0 amide bonds. The first-order chi connectivity index (χ1) is 8.74. The van der Waals surface area contributed by atoms with Gasteiger partial charge in [-0.2, -0.15) is 0 Å². The Bertz CT molecular complexity index is 567. The second-order valence-corrected chi connectivity index (χ2v) is 4.59. The lowest BCUT2D eigenvalue weighted by atomic mass is 10.1. The van der Waals surface area contributed by atoms with E-state index < -0.39 is 6.10 Å². The maximum atomic E-state index is 13.1. The summed E-state index contributed by atoms with van der Waals surface area (Å²) in [5.74, 6) is 1.17. The number of fused-ring (bicyclic) bond motifs is 1. The van der Waals surface area contributed by atoms with Crippen molar-refractivity contribution in [2.24, 2.45) is 0 Å². The molecule has 1 unspecified atom stereocenters. The first-order valence-electron chi connectivity index (χ1n) is 6.08. The Labute approximate surface area is 104 Å². The van der Waals surface area contributed by atoms with Crippen LogP contribution >= 0.6 is 0 Å². The normalized spacial score (nSPS) is 18.7. The van der Waals surface area contributed by atoms with Gasteiger partial charge in [0.05, 0.1) is 0 Å². The molecule has 0 saturated carbocycles. The standard InChI is InChI=1S/C13H14FN3O/c14-10-4-1-3-9(7-10)8-12-15-16-13-11(18)5-2-6-17(12)13/h1,3-4,7,11,18H,2,5-6,8H2. The number of aliphatic hydroxyl groups excluding tert-OH is 1. The third-order valence-corrected chi connectivity index (χ3v) is 3.26. The molecule has 1 atom stereocenters. The Morgan fingerprint density at radius 2 is 2.28 bits per heavy atom. The predicted octanol–water partition coefficient (Wildman–Crippen LogP) is 1.84. The fourth-order valence-electron chi connectivity index (χ4n) is 2.37. The van der Waals surface area contributed by atoms with Crippen LogP contribution in [0.4, 0.5) is 4.39 Å². The summed E-state index contributed by atoms with van der Waals surface area (Å²) in [4.78, 5) is 0. The molecule has 2 aromatic rings. The predicted molar refractivity (Wildman–Crippen MR) is 63.4 cm³/mol. The zero-order valence-electron chi connectivity index (χ0n) is 9.88. The molecule has 18 heavy (non-hydrogen) atoms. The Hall–Kier alpha value is -1.75. The van der Waals surface area contributed by atoms with Crippen molar-refractivity contribution in [2.75, 3.05) is 0 Å². The van der Waals surface area contributed by atoms with Gasteiger partial charge in [-0.25, -0.2) is 4.39 Å². The number of benzene rings is 1. The van der Waals surface area contributed by atoms with Crippen LogP contribution in [-0.4, -0.2) is 19.9 Å². The van der Waals surface area contributed by atoms with Gasteiger partial charge in [-0.15, -0.1) is 10.2 Å². The summed E-state index contributed by atoms with van der Waals surface area (Å²) in [6.45, 7) is 0.823. The van der Waals surface area contributed by atoms with E-state index >= 15 is 0 Å². The van der Waals surface area contributed by atoms with Crippen LogP contribution in [0.15, 0.2) is 24.3 Å². The quantitative estimate of drug-likeness (QED) is 0.881. The van der Waals surface area contributed by atoms with Crippen molar-refractivity contribution in [1.82, 2.24) is 14.8 Å². The molecule has 0 spiro atoms. The Kier molecular flexibility index (Phi) is 2.83. The SMILES string of the molecule is OC1CCCn2c(Cc3cccc(F)c3)nnc21. The van der Waals surface area contributed by atoms with E-state index in [0.29, 0.717) is 12.2 Å². The summed E-state index contributed by atoms with van der Waals surface area (Å²) in [5, 5.41) is 17.9. The highest BCUT2D eigenvalue weighted by Gasteiger charge is 2.23. The molecule has 0 saturated heterocycles. The van der Waals surface area contributed by atoms with Crippen LogP contribution in [-0.2, 0) is 13.0 Å². The minimum atomic E-state index is -0.521. The van der Waals surface area contributed by atoms with E-state index in [4.69, 9.17) is 0 Å². The Balaban J connectivity index is 1.90. The number of aromatic nitrogens is 3. The van der Waals surface area contributed by atoms with E-state index in [1.165, 1.54) is 12.1 Å². The third kappa shape index (κ3) is 2.01. The molecular formula is C13H14FN3O. The molecular weight excluding hydrogens is 233 g/mol. The van der Waals surface area contributed by atoms with E-state index in [9.17, 15) is 9.50 Å². The zero-order valence-corrected chi connectivity index (χ0v) is 9.88. The topological polar surface area (TPSA) is 50.9 Å². The summed E-state index contributed by atoms with van der Waals surface area (Å²) >= 11 is 0. The molecule has 0 radical (unpaired) electrons. The molecule has 0 fully saturated rings. The minimum Gasteiger partial charge on any atom is -0.385 e. The summed E-state index contributed by atoms with van der Waals surface area (Å²) in [6.07, 6.45) is 1.67. The van der Waals surface area contributed by atoms with E-state index in [1.54, 1.807) is 6.07 Å². The number of aliphatic hydroxyl groups is 1. The average molecular weight is 247 g/mol. The smallest absolute Gasteiger partial charge is 0.161 e. The van der Waals surface area contributed by atoms with Crippen LogP contribution in [0.2, 0.25) is 0 Å². The summed E-state index contributed by atoms with van der Waals surface area (Å²) in [6, 6.07) is 6.48. The van der Waals surface area contributed by atoms with Gasteiger partial charge in [0, 0.05) is 13.0 Å². The molecule has 5 heteroatoms. The van der Waals surface area contributed by atoms with Gasteiger partial charge < -0.3 is 9.67 Å². The highest BCUT2D eigenvalue weighted by atomic mass is 19.1. The van der Waals surface area contributed by atoms with Crippen LogP contribution < -0.4 is 0 Å². The number of rotatable bonds is 2. The van der Waals surface area contributed by atoms with E-state index in [1.807, 2.05) is 10.6 Å². The van der Waals surface area contributed by atoms with Gasteiger partial charge in [-0.1, -0.05) is 12.1 Å². The van der Waals surface area contributed by atoms with Crippen LogP contribution in [0.5, 0.6) is 0 Å². The summed E-state index contributed by atoms with van der Waals surface area (Å²) in [5.41, 5.74) is 0.866. The largest absolute Gasteiger partial charge is 0.385 e. The molecule has 0 bridgehead atoms. The molecule has 4 nitrogen and oxygen atoms in total. The maximum Gasteiger partial charge on any atom is 0.161 e. The lowest BCUT2D eigenvalue weighted by molar-refractivity contribution is 0.133. The van der Waals surface area contributed by atoms with Gasteiger partial charge in [0.25, 0.3) is 0 Å². The monoisotopic (exact) mass is 247 g/mol. The minimum absolute atomic E-state index is 0.245. The fourth-order valence-corrected chi connectivity index (χ4v) is 2.37. The first-order valence-corrected chi connectivity index (χ1v) is 6.08. The van der Waals surface area contributed by atoms with Gasteiger partial charge >= 0.3 is 0 Å². The molecule has 0 aliphatic carbocycles. The van der Waals surface area contributed by atoms with Gasteiger partial charge in [0.2, 0.25) is 0 Å².